The maximum Gasteiger partial charge on any atom is 0.319 e. The molecule has 0 aromatic heterocycles. The van der Waals surface area contributed by atoms with Gasteiger partial charge in [0.15, 0.2) is 0 Å². The summed E-state index contributed by atoms with van der Waals surface area (Å²) in [6.07, 6.45) is 0. The molecule has 0 aliphatic carbocycles. The molecule has 26 heavy (non-hydrogen) atoms. The third-order valence-corrected chi connectivity index (χ3v) is 4.79. The van der Waals surface area contributed by atoms with Gasteiger partial charge in [-0.05, 0) is 55.3 Å². The fraction of sp³-hybridized carbons (Fsp3) is 0.235. The molecule has 7 nitrogen and oxygen atoms in total. The molecule has 0 fully saturated rings. The van der Waals surface area contributed by atoms with Gasteiger partial charge < -0.3 is 15.4 Å². The number of hydrogen-bond donors (Lipinski definition) is 3. The number of benzene rings is 2. The van der Waals surface area contributed by atoms with E-state index < -0.39 is 10.0 Å². The lowest BCUT2D eigenvalue weighted by atomic mass is 10.1. The number of ether oxygens (including phenoxy) is 1. The molecule has 2 aromatic rings. The predicted molar refractivity (Wildman–Crippen MR) is 101 cm³/mol. The van der Waals surface area contributed by atoms with Crippen LogP contribution in [0.4, 0.5) is 10.5 Å². The lowest BCUT2D eigenvalue weighted by Crippen LogP contribution is -2.32. The van der Waals surface area contributed by atoms with E-state index in [0.717, 1.165) is 0 Å². The van der Waals surface area contributed by atoms with E-state index in [1.807, 2.05) is 0 Å². The molecular weight excluding hydrogens is 378 g/mol. The van der Waals surface area contributed by atoms with Crippen molar-refractivity contribution >= 4 is 33.3 Å². The normalized spacial score (nSPS) is 11.1. The maximum absolute atomic E-state index is 11.8. The van der Waals surface area contributed by atoms with E-state index in [4.69, 9.17) is 21.5 Å². The summed E-state index contributed by atoms with van der Waals surface area (Å²) in [6.45, 7) is 3.85. The Morgan fingerprint density at radius 2 is 1.92 bits per heavy atom. The highest BCUT2D eigenvalue weighted by Crippen LogP contribution is 2.25. The Morgan fingerprint density at radius 1 is 1.19 bits per heavy atom. The molecule has 2 aromatic carbocycles. The Kier molecular flexibility index (Phi) is 6.47. The number of anilines is 1. The summed E-state index contributed by atoms with van der Waals surface area (Å²) in [5.41, 5.74) is 1.73. The van der Waals surface area contributed by atoms with Gasteiger partial charge in [-0.2, -0.15) is 0 Å². The van der Waals surface area contributed by atoms with Gasteiger partial charge in [-0.15, -0.1) is 0 Å². The van der Waals surface area contributed by atoms with E-state index in [1.165, 1.54) is 6.07 Å². The number of primary sulfonamides is 1. The van der Waals surface area contributed by atoms with Crippen LogP contribution in [0.15, 0.2) is 41.3 Å². The van der Waals surface area contributed by atoms with Crippen molar-refractivity contribution in [1.82, 2.24) is 5.32 Å². The summed E-state index contributed by atoms with van der Waals surface area (Å²) in [4.78, 5) is 11.9. The van der Waals surface area contributed by atoms with E-state index >= 15 is 0 Å². The summed E-state index contributed by atoms with van der Waals surface area (Å²) in [5.74, 6) is 0.534. The van der Waals surface area contributed by atoms with Crippen molar-refractivity contribution in [3.8, 4) is 5.75 Å². The SMILES string of the molecule is Cc1cc(S(N)(=O)=O)c(C)cc1OCCNC(=O)Nc1cccc(Cl)c1. The first-order valence-electron chi connectivity index (χ1n) is 7.74. The lowest BCUT2D eigenvalue weighted by Gasteiger charge is -2.13. The van der Waals surface area contributed by atoms with Gasteiger partial charge in [0.2, 0.25) is 10.0 Å². The maximum atomic E-state index is 11.8. The van der Waals surface area contributed by atoms with E-state index in [0.29, 0.717) is 27.6 Å². The van der Waals surface area contributed by atoms with Gasteiger partial charge in [-0.3, -0.25) is 0 Å². The minimum absolute atomic E-state index is 0.0707. The van der Waals surface area contributed by atoms with Crippen LogP contribution in [0.3, 0.4) is 0 Å². The van der Waals surface area contributed by atoms with Crippen LogP contribution in [0.2, 0.25) is 5.02 Å². The van der Waals surface area contributed by atoms with Crippen LogP contribution in [0, 0.1) is 13.8 Å². The predicted octanol–water partition coefficient (Wildman–Crippen LogP) is 2.80. The summed E-state index contributed by atoms with van der Waals surface area (Å²) in [6, 6.07) is 9.51. The molecular formula is C17H20ClN3O4S. The quantitative estimate of drug-likeness (QED) is 0.651. The largest absolute Gasteiger partial charge is 0.491 e. The second kappa shape index (κ2) is 8.39. The van der Waals surface area contributed by atoms with E-state index in [9.17, 15) is 13.2 Å². The first kappa shape index (κ1) is 20.0. The van der Waals surface area contributed by atoms with Crippen molar-refractivity contribution in [3.63, 3.8) is 0 Å². The lowest BCUT2D eigenvalue weighted by molar-refractivity contribution is 0.247. The molecule has 4 N–H and O–H groups in total. The standard InChI is InChI=1S/C17H20ClN3O4S/c1-11-9-16(26(19,23)24)12(2)8-15(11)25-7-6-20-17(22)21-14-5-3-4-13(18)10-14/h3-5,8-10H,6-7H2,1-2H3,(H2,19,23,24)(H2,20,21,22). The van der Waals surface area contributed by atoms with Crippen LogP contribution < -0.4 is 20.5 Å². The van der Waals surface area contributed by atoms with Crippen molar-refractivity contribution in [1.29, 1.82) is 0 Å². The second-order valence-electron chi connectivity index (χ2n) is 5.67. The van der Waals surface area contributed by atoms with Gasteiger partial charge in [0.05, 0.1) is 11.4 Å². The fourth-order valence-electron chi connectivity index (χ4n) is 2.29. The molecule has 140 valence electrons. The first-order chi connectivity index (χ1) is 12.2. The molecule has 0 aliphatic heterocycles. The second-order valence-corrected chi connectivity index (χ2v) is 7.63. The molecule has 0 aliphatic rings. The average molecular weight is 398 g/mol. The molecule has 0 spiro atoms. The molecule has 0 unspecified atom stereocenters. The third-order valence-electron chi connectivity index (χ3n) is 3.51. The Balaban J connectivity index is 1.86. The summed E-state index contributed by atoms with van der Waals surface area (Å²) >= 11 is 5.85. The monoisotopic (exact) mass is 397 g/mol. The highest BCUT2D eigenvalue weighted by atomic mass is 35.5. The van der Waals surface area contributed by atoms with Crippen molar-refractivity contribution in [2.75, 3.05) is 18.5 Å². The summed E-state index contributed by atoms with van der Waals surface area (Å²) < 4.78 is 28.6. The molecule has 0 radical (unpaired) electrons. The molecule has 0 saturated heterocycles. The Morgan fingerprint density at radius 3 is 2.58 bits per heavy atom. The van der Waals surface area contributed by atoms with Crippen LogP contribution >= 0.6 is 11.6 Å². The first-order valence-corrected chi connectivity index (χ1v) is 9.66. The molecule has 2 rings (SSSR count). The van der Waals surface area contributed by atoms with Crippen LogP contribution in [-0.4, -0.2) is 27.6 Å². The summed E-state index contributed by atoms with van der Waals surface area (Å²) in [7, 11) is -3.77. The third kappa shape index (κ3) is 5.62. The van der Waals surface area contributed by atoms with Gasteiger partial charge >= 0.3 is 6.03 Å². The number of rotatable bonds is 6. The number of nitrogens with two attached hydrogens (primary N) is 1. The molecule has 9 heteroatoms. The number of urea groups is 1. The molecule has 0 heterocycles. The molecule has 2 amide bonds. The van der Waals surface area contributed by atoms with Gasteiger partial charge in [-0.25, -0.2) is 18.4 Å². The topological polar surface area (TPSA) is 111 Å². The molecule has 0 saturated carbocycles. The zero-order valence-corrected chi connectivity index (χ0v) is 15.9. The van der Waals surface area contributed by atoms with Crippen molar-refractivity contribution in [3.05, 3.63) is 52.5 Å². The number of nitrogens with one attached hydrogen (secondary N) is 2. The Bertz CT molecular complexity index is 916. The number of sulfonamides is 1. The van der Waals surface area contributed by atoms with Crippen molar-refractivity contribution in [2.24, 2.45) is 5.14 Å². The number of halogens is 1. The number of amides is 2. The van der Waals surface area contributed by atoms with Gasteiger partial charge in [0, 0.05) is 10.7 Å². The number of carbonyl (C=O) groups is 1. The zero-order valence-electron chi connectivity index (χ0n) is 14.4. The van der Waals surface area contributed by atoms with Crippen LogP contribution in [0.25, 0.3) is 0 Å². The minimum atomic E-state index is -3.77. The average Bonchev–Trinajstić information content (AvgIpc) is 2.53. The number of aryl methyl sites for hydroxylation is 2. The Hall–Kier alpha value is -2.29. The Labute approximate surface area is 157 Å². The smallest absolute Gasteiger partial charge is 0.319 e. The van der Waals surface area contributed by atoms with E-state index in [-0.39, 0.29) is 24.1 Å². The van der Waals surface area contributed by atoms with Gasteiger partial charge in [0.25, 0.3) is 0 Å². The molecule has 0 atom stereocenters. The number of hydrogen-bond acceptors (Lipinski definition) is 4. The fourth-order valence-corrected chi connectivity index (χ4v) is 3.33. The van der Waals surface area contributed by atoms with Crippen molar-refractivity contribution in [2.45, 2.75) is 18.7 Å². The van der Waals surface area contributed by atoms with E-state index in [1.54, 1.807) is 44.2 Å². The highest BCUT2D eigenvalue weighted by molar-refractivity contribution is 7.89. The molecule has 0 bridgehead atoms. The van der Waals surface area contributed by atoms with Gasteiger partial charge in [0.1, 0.15) is 12.4 Å². The van der Waals surface area contributed by atoms with Crippen molar-refractivity contribution < 1.29 is 17.9 Å². The van der Waals surface area contributed by atoms with E-state index in [2.05, 4.69) is 10.6 Å². The highest BCUT2D eigenvalue weighted by Gasteiger charge is 2.14. The minimum Gasteiger partial charge on any atom is -0.491 e. The van der Waals surface area contributed by atoms with Crippen LogP contribution in [0.5, 0.6) is 5.75 Å². The number of carbonyl (C=O) groups excluding carboxylic acids is 1. The van der Waals surface area contributed by atoms with Gasteiger partial charge in [-0.1, -0.05) is 17.7 Å². The summed E-state index contributed by atoms with van der Waals surface area (Å²) in [5, 5.41) is 11.0. The van der Waals surface area contributed by atoms with Crippen LogP contribution in [-0.2, 0) is 10.0 Å². The van der Waals surface area contributed by atoms with Crippen LogP contribution in [0.1, 0.15) is 11.1 Å². The zero-order chi connectivity index (χ0) is 19.3.